The lowest BCUT2D eigenvalue weighted by atomic mass is 10.1. The minimum absolute atomic E-state index is 0.199. The molecule has 8 heteroatoms. The van der Waals surface area contributed by atoms with Gasteiger partial charge < -0.3 is 29.6 Å². The fraction of sp³-hybridized carbons (Fsp3) is 0.300. The normalized spacial score (nSPS) is 12.8. The number of carbonyl (C=O) groups excluding carboxylic acids is 2. The van der Waals surface area contributed by atoms with Gasteiger partial charge in [0.1, 0.15) is 6.04 Å². The Morgan fingerprint density at radius 1 is 1.04 bits per heavy atom. The van der Waals surface area contributed by atoms with Gasteiger partial charge in [0.15, 0.2) is 23.0 Å². The zero-order valence-corrected chi connectivity index (χ0v) is 15.9. The van der Waals surface area contributed by atoms with Crippen LogP contribution >= 0.6 is 0 Å². The first-order valence-electron chi connectivity index (χ1n) is 8.71. The van der Waals surface area contributed by atoms with Crippen LogP contribution in [0.4, 0.5) is 0 Å². The molecule has 0 aromatic heterocycles. The molecule has 148 valence electrons. The van der Waals surface area contributed by atoms with E-state index >= 15 is 0 Å². The summed E-state index contributed by atoms with van der Waals surface area (Å²) >= 11 is 0. The highest BCUT2D eigenvalue weighted by Crippen LogP contribution is 2.32. The molecule has 0 aliphatic carbocycles. The van der Waals surface area contributed by atoms with Crippen molar-refractivity contribution in [2.75, 3.05) is 21.0 Å². The number of ether oxygens (including phenoxy) is 4. The van der Waals surface area contributed by atoms with Crippen LogP contribution in [0.5, 0.6) is 23.0 Å². The molecule has 1 aliphatic rings. The van der Waals surface area contributed by atoms with Crippen molar-refractivity contribution >= 4 is 11.8 Å². The second-order valence-electron chi connectivity index (χ2n) is 6.17. The molecule has 2 aromatic carbocycles. The number of hydrogen-bond acceptors (Lipinski definition) is 6. The van der Waals surface area contributed by atoms with E-state index in [1.54, 1.807) is 31.2 Å². The largest absolute Gasteiger partial charge is 0.493 e. The second-order valence-corrected chi connectivity index (χ2v) is 6.17. The third kappa shape index (κ3) is 4.28. The van der Waals surface area contributed by atoms with E-state index in [9.17, 15) is 9.59 Å². The Bertz CT molecular complexity index is 883. The van der Waals surface area contributed by atoms with E-state index in [1.807, 2.05) is 12.1 Å². The maximum Gasteiger partial charge on any atom is 0.252 e. The van der Waals surface area contributed by atoms with Crippen molar-refractivity contribution in [3.8, 4) is 23.0 Å². The van der Waals surface area contributed by atoms with Crippen molar-refractivity contribution in [1.82, 2.24) is 10.6 Å². The van der Waals surface area contributed by atoms with E-state index < -0.39 is 6.04 Å². The lowest BCUT2D eigenvalue weighted by molar-refractivity contribution is -0.122. The highest BCUT2D eigenvalue weighted by atomic mass is 16.7. The Balaban J connectivity index is 1.55. The van der Waals surface area contributed by atoms with Gasteiger partial charge in [-0.25, -0.2) is 0 Å². The van der Waals surface area contributed by atoms with Crippen molar-refractivity contribution in [3.63, 3.8) is 0 Å². The predicted molar refractivity (Wildman–Crippen MR) is 101 cm³/mol. The zero-order chi connectivity index (χ0) is 20.1. The van der Waals surface area contributed by atoms with E-state index in [1.165, 1.54) is 14.2 Å². The second kappa shape index (κ2) is 8.51. The van der Waals surface area contributed by atoms with E-state index in [0.717, 1.165) is 5.56 Å². The quantitative estimate of drug-likeness (QED) is 0.754. The number of fused-ring (bicyclic) bond motifs is 1. The molecule has 1 aliphatic heterocycles. The van der Waals surface area contributed by atoms with Crippen molar-refractivity contribution in [3.05, 3.63) is 47.5 Å². The Labute approximate surface area is 162 Å². The summed E-state index contributed by atoms with van der Waals surface area (Å²) in [6.45, 7) is 2.13. The molecular formula is C20H22N2O6. The average Bonchev–Trinajstić information content (AvgIpc) is 3.19. The van der Waals surface area contributed by atoms with Crippen LogP contribution in [0.15, 0.2) is 36.4 Å². The number of benzene rings is 2. The molecule has 8 nitrogen and oxygen atoms in total. The van der Waals surface area contributed by atoms with Gasteiger partial charge in [-0.1, -0.05) is 6.07 Å². The van der Waals surface area contributed by atoms with Crippen LogP contribution in [0.1, 0.15) is 22.8 Å². The first-order chi connectivity index (χ1) is 13.5. The Hall–Kier alpha value is -3.42. The van der Waals surface area contributed by atoms with Gasteiger partial charge in [-0.2, -0.15) is 0 Å². The lowest BCUT2D eigenvalue weighted by Crippen LogP contribution is -2.44. The van der Waals surface area contributed by atoms with Gasteiger partial charge in [0.05, 0.1) is 14.2 Å². The van der Waals surface area contributed by atoms with Crippen LogP contribution < -0.4 is 29.6 Å². The third-order valence-corrected chi connectivity index (χ3v) is 4.29. The molecule has 0 saturated heterocycles. The third-order valence-electron chi connectivity index (χ3n) is 4.29. The Morgan fingerprint density at radius 3 is 2.54 bits per heavy atom. The minimum atomic E-state index is -0.713. The lowest BCUT2D eigenvalue weighted by Gasteiger charge is -2.15. The molecule has 0 spiro atoms. The summed E-state index contributed by atoms with van der Waals surface area (Å²) < 4.78 is 20.9. The summed E-state index contributed by atoms with van der Waals surface area (Å²) in [5, 5.41) is 5.46. The van der Waals surface area contributed by atoms with Gasteiger partial charge in [0, 0.05) is 12.1 Å². The van der Waals surface area contributed by atoms with Gasteiger partial charge >= 0.3 is 0 Å². The summed E-state index contributed by atoms with van der Waals surface area (Å²) in [6, 6.07) is 9.55. The molecule has 0 unspecified atom stereocenters. The van der Waals surface area contributed by atoms with Crippen molar-refractivity contribution in [1.29, 1.82) is 0 Å². The first kappa shape index (κ1) is 19.3. The molecule has 0 saturated carbocycles. The molecule has 0 bridgehead atoms. The van der Waals surface area contributed by atoms with Gasteiger partial charge in [-0.05, 0) is 42.8 Å². The summed E-state index contributed by atoms with van der Waals surface area (Å²) in [4.78, 5) is 24.7. The molecule has 1 atom stereocenters. The van der Waals surface area contributed by atoms with Crippen molar-refractivity contribution in [2.24, 2.45) is 0 Å². The summed E-state index contributed by atoms with van der Waals surface area (Å²) in [5.41, 5.74) is 1.24. The maximum absolute atomic E-state index is 12.4. The van der Waals surface area contributed by atoms with E-state index in [-0.39, 0.29) is 18.6 Å². The van der Waals surface area contributed by atoms with E-state index in [0.29, 0.717) is 35.1 Å². The Kier molecular flexibility index (Phi) is 5.88. The zero-order valence-electron chi connectivity index (χ0n) is 15.9. The maximum atomic E-state index is 12.4. The fourth-order valence-corrected chi connectivity index (χ4v) is 2.72. The van der Waals surface area contributed by atoms with Crippen LogP contribution in [0, 0.1) is 0 Å². The predicted octanol–water partition coefficient (Wildman–Crippen LogP) is 1.87. The smallest absolute Gasteiger partial charge is 0.252 e. The van der Waals surface area contributed by atoms with Gasteiger partial charge in [-0.15, -0.1) is 0 Å². The van der Waals surface area contributed by atoms with E-state index in [2.05, 4.69) is 10.6 Å². The number of carbonyl (C=O) groups is 2. The molecule has 0 fully saturated rings. The minimum Gasteiger partial charge on any atom is -0.493 e. The SMILES string of the molecule is COc1ccc(C(=O)N[C@@H](C)C(=O)NCc2ccc3c(c2)OCO3)cc1OC. The molecular weight excluding hydrogens is 364 g/mol. The molecule has 0 radical (unpaired) electrons. The van der Waals surface area contributed by atoms with Gasteiger partial charge in [0.25, 0.3) is 5.91 Å². The van der Waals surface area contributed by atoms with Crippen LogP contribution in [0.2, 0.25) is 0 Å². The number of hydrogen-bond donors (Lipinski definition) is 2. The molecule has 2 amide bonds. The number of nitrogens with one attached hydrogen (secondary N) is 2. The monoisotopic (exact) mass is 386 g/mol. The van der Waals surface area contributed by atoms with Crippen LogP contribution in [-0.4, -0.2) is 38.9 Å². The summed E-state index contributed by atoms with van der Waals surface area (Å²) in [7, 11) is 3.01. The highest BCUT2D eigenvalue weighted by Gasteiger charge is 2.18. The molecule has 3 rings (SSSR count). The molecule has 2 N–H and O–H groups in total. The van der Waals surface area contributed by atoms with Gasteiger partial charge in [-0.3, -0.25) is 9.59 Å². The standard InChI is InChI=1S/C20H22N2O6/c1-12(22-20(24)14-5-7-15(25-2)17(9-14)26-3)19(23)21-10-13-4-6-16-18(8-13)28-11-27-16/h4-9,12H,10-11H2,1-3H3,(H,21,23)(H,22,24)/t12-/m0/s1. The van der Waals surface area contributed by atoms with Crippen molar-refractivity contribution < 1.29 is 28.5 Å². The van der Waals surface area contributed by atoms with Crippen molar-refractivity contribution in [2.45, 2.75) is 19.5 Å². The van der Waals surface area contributed by atoms with Crippen LogP contribution in [-0.2, 0) is 11.3 Å². The highest BCUT2D eigenvalue weighted by molar-refractivity contribution is 5.97. The first-order valence-corrected chi connectivity index (χ1v) is 8.71. The van der Waals surface area contributed by atoms with Crippen LogP contribution in [0.25, 0.3) is 0 Å². The average molecular weight is 386 g/mol. The topological polar surface area (TPSA) is 95.1 Å². The number of methoxy groups -OCH3 is 2. The van der Waals surface area contributed by atoms with E-state index in [4.69, 9.17) is 18.9 Å². The number of amides is 2. The number of rotatable bonds is 7. The van der Waals surface area contributed by atoms with Crippen LogP contribution in [0.3, 0.4) is 0 Å². The molecule has 2 aromatic rings. The molecule has 28 heavy (non-hydrogen) atoms. The molecule has 1 heterocycles. The van der Waals surface area contributed by atoms with Gasteiger partial charge in [0.2, 0.25) is 12.7 Å². The summed E-state index contributed by atoms with van der Waals surface area (Å²) in [6.07, 6.45) is 0. The summed E-state index contributed by atoms with van der Waals surface area (Å²) in [5.74, 6) is 1.62. The Morgan fingerprint density at radius 2 is 1.79 bits per heavy atom. The fourth-order valence-electron chi connectivity index (χ4n) is 2.72.